The van der Waals surface area contributed by atoms with E-state index in [0.29, 0.717) is 16.6 Å². The summed E-state index contributed by atoms with van der Waals surface area (Å²) >= 11 is 2.37. The summed E-state index contributed by atoms with van der Waals surface area (Å²) in [7, 11) is -2.07. The van der Waals surface area contributed by atoms with Crippen molar-refractivity contribution in [2.24, 2.45) is 5.92 Å². The Morgan fingerprint density at radius 3 is 2.33 bits per heavy atom. The van der Waals surface area contributed by atoms with Gasteiger partial charge in [0.2, 0.25) is 0 Å². The number of methoxy groups -OCH3 is 1. The highest BCUT2D eigenvalue weighted by atomic mass is 127. The Balaban J connectivity index is 1.84. The molecule has 2 aliphatic rings. The maximum Gasteiger partial charge on any atom is 0.264 e. The molecule has 0 aromatic heterocycles. The maximum absolute atomic E-state index is 13.7. The van der Waals surface area contributed by atoms with Crippen molar-refractivity contribution in [2.45, 2.75) is 36.6 Å². The molecule has 2 unspecified atom stereocenters. The third-order valence-corrected chi connectivity index (χ3v) is 8.62. The van der Waals surface area contributed by atoms with Crippen LogP contribution in [0.4, 0.5) is 0 Å². The lowest BCUT2D eigenvalue weighted by atomic mass is 9.86. The predicted molar refractivity (Wildman–Crippen MR) is 115 cm³/mol. The fourth-order valence-corrected chi connectivity index (χ4v) is 7.38. The lowest BCUT2D eigenvalue weighted by Gasteiger charge is -2.34. The van der Waals surface area contributed by atoms with E-state index in [1.807, 2.05) is 30.3 Å². The Morgan fingerprint density at radius 1 is 1.00 bits per heavy atom. The van der Waals surface area contributed by atoms with Gasteiger partial charge in [0.15, 0.2) is 0 Å². The molecule has 2 aromatic carbocycles. The van der Waals surface area contributed by atoms with Crippen LogP contribution in [0.2, 0.25) is 0 Å². The zero-order valence-corrected chi connectivity index (χ0v) is 18.1. The fraction of sp³-hybridized carbons (Fsp3) is 0.333. The van der Waals surface area contributed by atoms with E-state index in [-0.39, 0.29) is 6.04 Å². The summed E-state index contributed by atoms with van der Waals surface area (Å²) in [5, 5.41) is 0. The second-order valence-corrected chi connectivity index (χ2v) is 9.97. The zero-order chi connectivity index (χ0) is 19.0. The Kier molecular flexibility index (Phi) is 5.20. The van der Waals surface area contributed by atoms with Crippen molar-refractivity contribution in [1.82, 2.24) is 4.31 Å². The Bertz CT molecular complexity index is 955. The molecule has 0 radical (unpaired) electrons. The smallest absolute Gasteiger partial charge is 0.264 e. The molecule has 0 spiro atoms. The number of hydrogen-bond donors (Lipinski definition) is 0. The Labute approximate surface area is 174 Å². The zero-order valence-electron chi connectivity index (χ0n) is 15.1. The molecule has 1 aliphatic carbocycles. The fourth-order valence-electron chi connectivity index (χ4n) is 4.16. The number of halogens is 1. The van der Waals surface area contributed by atoms with Gasteiger partial charge in [-0.2, -0.15) is 0 Å². The molecule has 0 amide bonds. The number of rotatable bonds is 4. The average molecular weight is 495 g/mol. The van der Waals surface area contributed by atoms with Gasteiger partial charge in [0.1, 0.15) is 5.75 Å². The van der Waals surface area contributed by atoms with Crippen LogP contribution in [0, 0.1) is 5.92 Å². The quantitative estimate of drug-likeness (QED) is 0.557. The first kappa shape index (κ1) is 18.8. The molecule has 4 rings (SSSR count). The van der Waals surface area contributed by atoms with Crippen LogP contribution in [0.5, 0.6) is 5.75 Å². The molecule has 27 heavy (non-hydrogen) atoms. The SMILES string of the molecule is COc1ccc(S(=O)(=O)N2C(c3ccccc3)=C(I)C3CCCCC32)cc1. The van der Waals surface area contributed by atoms with Gasteiger partial charge in [0, 0.05) is 9.50 Å². The molecule has 1 saturated carbocycles. The molecule has 142 valence electrons. The minimum atomic E-state index is -3.65. The van der Waals surface area contributed by atoms with E-state index in [2.05, 4.69) is 22.6 Å². The van der Waals surface area contributed by atoms with Gasteiger partial charge < -0.3 is 4.74 Å². The monoisotopic (exact) mass is 495 g/mol. The molecule has 6 heteroatoms. The second-order valence-electron chi connectivity index (χ2n) is 7.00. The number of benzene rings is 2. The van der Waals surface area contributed by atoms with Crippen LogP contribution in [0.25, 0.3) is 5.70 Å². The van der Waals surface area contributed by atoms with Crippen molar-refractivity contribution >= 4 is 38.3 Å². The van der Waals surface area contributed by atoms with Crippen LogP contribution in [0.3, 0.4) is 0 Å². The maximum atomic E-state index is 13.7. The van der Waals surface area contributed by atoms with Crippen LogP contribution in [-0.4, -0.2) is 25.9 Å². The second kappa shape index (κ2) is 7.47. The van der Waals surface area contributed by atoms with Gasteiger partial charge in [-0.3, -0.25) is 4.31 Å². The van der Waals surface area contributed by atoms with E-state index >= 15 is 0 Å². The van der Waals surface area contributed by atoms with E-state index in [0.717, 1.165) is 36.9 Å². The van der Waals surface area contributed by atoms with Crippen molar-refractivity contribution in [3.63, 3.8) is 0 Å². The molecule has 0 N–H and O–H groups in total. The van der Waals surface area contributed by atoms with E-state index in [1.54, 1.807) is 35.7 Å². The van der Waals surface area contributed by atoms with Gasteiger partial charge in [-0.25, -0.2) is 8.42 Å². The molecule has 2 atom stereocenters. The highest BCUT2D eigenvalue weighted by Gasteiger charge is 2.46. The van der Waals surface area contributed by atoms with Gasteiger partial charge in [0.05, 0.1) is 23.7 Å². The molecular weight excluding hydrogens is 473 g/mol. The van der Waals surface area contributed by atoms with Crippen LogP contribution in [0.1, 0.15) is 31.2 Å². The van der Waals surface area contributed by atoms with Gasteiger partial charge >= 0.3 is 0 Å². The summed E-state index contributed by atoms with van der Waals surface area (Å²) in [6.07, 6.45) is 4.19. The third kappa shape index (κ3) is 3.27. The predicted octanol–water partition coefficient (Wildman–Crippen LogP) is 5.06. The largest absolute Gasteiger partial charge is 0.497 e. The number of hydrogen-bond acceptors (Lipinski definition) is 3. The van der Waals surface area contributed by atoms with Gasteiger partial charge in [-0.15, -0.1) is 0 Å². The van der Waals surface area contributed by atoms with Crippen molar-refractivity contribution in [2.75, 3.05) is 7.11 Å². The van der Waals surface area contributed by atoms with Crippen LogP contribution in [0.15, 0.2) is 63.1 Å². The normalized spacial score (nSPS) is 22.7. The molecule has 2 aromatic rings. The van der Waals surface area contributed by atoms with Gasteiger partial charge in [0.25, 0.3) is 10.0 Å². The first-order chi connectivity index (χ1) is 13.0. The highest BCUT2D eigenvalue weighted by Crippen LogP contribution is 2.50. The van der Waals surface area contributed by atoms with E-state index in [4.69, 9.17) is 4.74 Å². The first-order valence-corrected chi connectivity index (χ1v) is 11.7. The van der Waals surface area contributed by atoms with Crippen molar-refractivity contribution < 1.29 is 13.2 Å². The van der Waals surface area contributed by atoms with Crippen molar-refractivity contribution in [3.05, 3.63) is 63.7 Å². The lowest BCUT2D eigenvalue weighted by Crippen LogP contribution is -2.39. The van der Waals surface area contributed by atoms with E-state index in [9.17, 15) is 8.42 Å². The summed E-state index contributed by atoms with van der Waals surface area (Å²) in [6, 6.07) is 16.6. The number of fused-ring (bicyclic) bond motifs is 1. The third-order valence-electron chi connectivity index (χ3n) is 5.47. The van der Waals surface area contributed by atoms with Crippen LogP contribution < -0.4 is 4.74 Å². The van der Waals surface area contributed by atoms with Gasteiger partial charge in [-0.05, 0) is 65.3 Å². The van der Waals surface area contributed by atoms with Crippen molar-refractivity contribution in [3.8, 4) is 5.75 Å². The molecule has 1 aliphatic heterocycles. The number of ether oxygens (including phenoxy) is 1. The number of sulfonamides is 1. The molecular formula is C21H22INO3S. The summed E-state index contributed by atoms with van der Waals surface area (Å²) in [6.45, 7) is 0. The summed E-state index contributed by atoms with van der Waals surface area (Å²) in [5.74, 6) is 0.946. The first-order valence-electron chi connectivity index (χ1n) is 9.17. The van der Waals surface area contributed by atoms with Crippen molar-refractivity contribution in [1.29, 1.82) is 0 Å². The highest BCUT2D eigenvalue weighted by molar-refractivity contribution is 14.1. The summed E-state index contributed by atoms with van der Waals surface area (Å²) in [4.78, 5) is 0.312. The topological polar surface area (TPSA) is 46.6 Å². The molecule has 0 saturated heterocycles. The molecule has 1 fully saturated rings. The molecule has 0 bridgehead atoms. The van der Waals surface area contributed by atoms with E-state index < -0.39 is 10.0 Å². The van der Waals surface area contributed by atoms with E-state index in [1.165, 1.54) is 3.58 Å². The standard InChI is InChI=1S/C21H22INO3S/c1-26-16-11-13-17(14-12-16)27(24,25)23-19-10-6-5-9-18(19)20(22)21(23)15-7-3-2-4-8-15/h2-4,7-8,11-14,18-19H,5-6,9-10H2,1H3. The van der Waals surface area contributed by atoms with Crippen LogP contribution in [-0.2, 0) is 10.0 Å². The summed E-state index contributed by atoms with van der Waals surface area (Å²) < 4.78 is 35.4. The van der Waals surface area contributed by atoms with Crippen LogP contribution >= 0.6 is 22.6 Å². The average Bonchev–Trinajstić information content (AvgIpc) is 3.02. The Hall–Kier alpha value is -1.54. The van der Waals surface area contributed by atoms with Gasteiger partial charge in [-0.1, -0.05) is 43.2 Å². The number of nitrogens with zero attached hydrogens (tertiary/aromatic N) is 1. The minimum Gasteiger partial charge on any atom is -0.497 e. The Morgan fingerprint density at radius 2 is 1.67 bits per heavy atom. The molecule has 1 heterocycles. The lowest BCUT2D eigenvalue weighted by molar-refractivity contribution is 0.280. The minimum absolute atomic E-state index is 0.00737. The molecule has 4 nitrogen and oxygen atoms in total. The summed E-state index contributed by atoms with van der Waals surface area (Å²) in [5.41, 5.74) is 1.82.